The number of hydrogen-bond acceptors (Lipinski definition) is 4. The highest BCUT2D eigenvalue weighted by Gasteiger charge is 2.42. The Balaban J connectivity index is 1.60. The van der Waals surface area contributed by atoms with Crippen molar-refractivity contribution in [2.45, 2.75) is 18.2 Å². The van der Waals surface area contributed by atoms with E-state index in [-0.39, 0.29) is 11.1 Å². The first-order valence-electron chi connectivity index (χ1n) is 9.12. The molecule has 5 rings (SSSR count). The average Bonchev–Trinajstić information content (AvgIpc) is 2.73. The standard InChI is InChI=1S/C22H15F3O4/c23-22(24,25)16-4-2-1-3-12(16)15-11-29-17-7-6-14-13(19(17)20(15)26)5-8-18-21(14)28-10-9-27-18/h1-8,11,17,19H,9-10H2. The quantitative estimate of drug-likeness (QED) is 0.702. The van der Waals surface area contributed by atoms with Gasteiger partial charge in [-0.1, -0.05) is 30.3 Å². The molecule has 0 bridgehead atoms. The molecule has 2 heterocycles. The number of rotatable bonds is 1. The number of allylic oxidation sites excluding steroid dienone is 1. The number of benzene rings is 2. The molecule has 1 aliphatic carbocycles. The summed E-state index contributed by atoms with van der Waals surface area (Å²) in [6.45, 7) is 0.824. The number of hydrogen-bond donors (Lipinski definition) is 0. The molecule has 2 aromatic rings. The molecule has 3 aliphatic rings. The summed E-state index contributed by atoms with van der Waals surface area (Å²) in [7, 11) is 0. The van der Waals surface area contributed by atoms with Crippen LogP contribution in [0.5, 0.6) is 11.5 Å². The SMILES string of the molecule is O=C1C(c2ccccc2C(F)(F)F)=COC2C=Cc3c(ccc4c3OCCO4)C12. The van der Waals surface area contributed by atoms with E-state index in [1.54, 1.807) is 24.3 Å². The van der Waals surface area contributed by atoms with E-state index in [9.17, 15) is 18.0 Å². The molecule has 29 heavy (non-hydrogen) atoms. The molecule has 2 aliphatic heterocycles. The van der Waals surface area contributed by atoms with Gasteiger partial charge >= 0.3 is 6.18 Å². The third-order valence-electron chi connectivity index (χ3n) is 5.31. The molecule has 0 radical (unpaired) electrons. The van der Waals surface area contributed by atoms with Crippen LogP contribution >= 0.6 is 0 Å². The van der Waals surface area contributed by atoms with Crippen molar-refractivity contribution < 1.29 is 32.2 Å². The highest BCUT2D eigenvalue weighted by Crippen LogP contribution is 2.47. The van der Waals surface area contributed by atoms with E-state index >= 15 is 0 Å². The minimum Gasteiger partial charge on any atom is -0.492 e. The number of ketones is 1. The summed E-state index contributed by atoms with van der Waals surface area (Å²) in [6, 6.07) is 8.50. The Morgan fingerprint density at radius 2 is 1.79 bits per heavy atom. The summed E-state index contributed by atoms with van der Waals surface area (Å²) in [4.78, 5) is 13.3. The minimum absolute atomic E-state index is 0.0877. The summed E-state index contributed by atoms with van der Waals surface area (Å²) >= 11 is 0. The van der Waals surface area contributed by atoms with Crippen molar-refractivity contribution in [3.63, 3.8) is 0 Å². The molecular formula is C22H15F3O4. The van der Waals surface area contributed by atoms with Crippen LogP contribution in [-0.2, 0) is 15.7 Å². The molecule has 0 saturated carbocycles. The topological polar surface area (TPSA) is 44.8 Å². The third-order valence-corrected chi connectivity index (χ3v) is 5.31. The molecule has 0 fully saturated rings. The van der Waals surface area contributed by atoms with Crippen LogP contribution in [0.2, 0.25) is 0 Å². The fourth-order valence-corrected chi connectivity index (χ4v) is 4.02. The van der Waals surface area contributed by atoms with E-state index < -0.39 is 29.5 Å². The zero-order chi connectivity index (χ0) is 20.2. The number of carbonyl (C=O) groups is 1. The lowest BCUT2D eigenvalue weighted by Gasteiger charge is -2.34. The molecule has 0 spiro atoms. The van der Waals surface area contributed by atoms with Crippen molar-refractivity contribution in [3.05, 3.63) is 71.0 Å². The van der Waals surface area contributed by atoms with Crippen molar-refractivity contribution in [1.29, 1.82) is 0 Å². The van der Waals surface area contributed by atoms with E-state index in [4.69, 9.17) is 14.2 Å². The van der Waals surface area contributed by atoms with Gasteiger partial charge in [0.25, 0.3) is 0 Å². The third kappa shape index (κ3) is 2.80. The molecular weight excluding hydrogens is 385 g/mol. The molecule has 2 aromatic carbocycles. The molecule has 0 amide bonds. The second-order valence-electron chi connectivity index (χ2n) is 6.97. The molecule has 0 N–H and O–H groups in total. The first kappa shape index (κ1) is 17.8. The van der Waals surface area contributed by atoms with Crippen LogP contribution in [0.15, 0.2) is 48.7 Å². The van der Waals surface area contributed by atoms with Gasteiger partial charge in [-0.15, -0.1) is 0 Å². The predicted octanol–water partition coefficient (Wildman–Crippen LogP) is 4.60. The number of alkyl halides is 3. The molecule has 2 atom stereocenters. The van der Waals surface area contributed by atoms with Crippen molar-refractivity contribution in [2.75, 3.05) is 13.2 Å². The van der Waals surface area contributed by atoms with Gasteiger partial charge in [0.05, 0.1) is 23.3 Å². The van der Waals surface area contributed by atoms with Gasteiger partial charge in [-0.25, -0.2) is 0 Å². The van der Waals surface area contributed by atoms with Crippen molar-refractivity contribution in [2.24, 2.45) is 0 Å². The van der Waals surface area contributed by atoms with Gasteiger partial charge < -0.3 is 14.2 Å². The number of carbonyl (C=O) groups excluding carboxylic acids is 1. The van der Waals surface area contributed by atoms with Crippen LogP contribution in [0.4, 0.5) is 13.2 Å². The highest BCUT2D eigenvalue weighted by atomic mass is 19.4. The van der Waals surface area contributed by atoms with E-state index in [2.05, 4.69) is 0 Å². The maximum atomic E-state index is 13.5. The fourth-order valence-electron chi connectivity index (χ4n) is 4.02. The average molecular weight is 400 g/mol. The highest BCUT2D eigenvalue weighted by molar-refractivity contribution is 6.24. The Kier molecular flexibility index (Phi) is 3.94. The van der Waals surface area contributed by atoms with Gasteiger partial charge in [-0.3, -0.25) is 4.79 Å². The van der Waals surface area contributed by atoms with Crippen molar-refractivity contribution >= 4 is 17.4 Å². The Labute approximate surface area is 164 Å². The van der Waals surface area contributed by atoms with Crippen LogP contribution < -0.4 is 9.47 Å². The maximum absolute atomic E-state index is 13.5. The first-order valence-corrected chi connectivity index (χ1v) is 9.12. The van der Waals surface area contributed by atoms with E-state index in [0.29, 0.717) is 35.8 Å². The lowest BCUT2D eigenvalue weighted by atomic mass is 9.77. The van der Waals surface area contributed by atoms with Crippen LogP contribution in [0.25, 0.3) is 11.6 Å². The Morgan fingerprint density at radius 1 is 1.00 bits per heavy atom. The zero-order valence-corrected chi connectivity index (χ0v) is 15.0. The van der Waals surface area contributed by atoms with Gasteiger partial charge in [-0.2, -0.15) is 13.2 Å². The van der Waals surface area contributed by atoms with Gasteiger partial charge in [0.15, 0.2) is 17.3 Å². The van der Waals surface area contributed by atoms with Crippen LogP contribution in [-0.4, -0.2) is 25.1 Å². The van der Waals surface area contributed by atoms with Crippen LogP contribution in [0.3, 0.4) is 0 Å². The van der Waals surface area contributed by atoms with Crippen molar-refractivity contribution in [3.8, 4) is 11.5 Å². The molecule has 0 aromatic heterocycles. The lowest BCUT2D eigenvalue weighted by molar-refractivity contribution is -0.137. The van der Waals surface area contributed by atoms with Gasteiger partial charge in [0.2, 0.25) is 0 Å². The van der Waals surface area contributed by atoms with Gasteiger partial charge in [0, 0.05) is 11.1 Å². The summed E-state index contributed by atoms with van der Waals surface area (Å²) in [6.07, 6.45) is -0.490. The lowest BCUT2D eigenvalue weighted by Crippen LogP contribution is -2.33. The number of fused-ring (bicyclic) bond motifs is 5. The molecule has 0 saturated heterocycles. The fraction of sp³-hybridized carbons (Fsp3) is 0.227. The largest absolute Gasteiger partial charge is 0.492 e. The van der Waals surface area contributed by atoms with Gasteiger partial charge in [0.1, 0.15) is 19.3 Å². The summed E-state index contributed by atoms with van der Waals surface area (Å²) in [5, 5.41) is 0. The maximum Gasteiger partial charge on any atom is 0.417 e. The van der Waals surface area contributed by atoms with E-state index in [1.807, 2.05) is 0 Å². The summed E-state index contributed by atoms with van der Waals surface area (Å²) < 4.78 is 57.4. The summed E-state index contributed by atoms with van der Waals surface area (Å²) in [5.41, 5.74) is 0.218. The second kappa shape index (κ2) is 6.40. The number of ether oxygens (including phenoxy) is 3. The normalized spacial score (nSPS) is 22.3. The van der Waals surface area contributed by atoms with E-state index in [1.165, 1.54) is 18.2 Å². The Hall–Kier alpha value is -3.22. The second-order valence-corrected chi connectivity index (χ2v) is 6.97. The molecule has 2 unspecified atom stereocenters. The molecule has 4 nitrogen and oxygen atoms in total. The number of halogens is 3. The number of Topliss-reactive ketones (excluding diaryl/α,β-unsaturated/α-hetero) is 1. The Morgan fingerprint density at radius 3 is 2.62 bits per heavy atom. The molecule has 148 valence electrons. The van der Waals surface area contributed by atoms with E-state index in [0.717, 1.165) is 12.3 Å². The predicted molar refractivity (Wildman–Crippen MR) is 98.5 cm³/mol. The minimum atomic E-state index is -4.58. The monoisotopic (exact) mass is 400 g/mol. The van der Waals surface area contributed by atoms with Crippen LogP contribution in [0, 0.1) is 0 Å². The molecule has 7 heteroatoms. The van der Waals surface area contributed by atoms with Crippen molar-refractivity contribution in [1.82, 2.24) is 0 Å². The zero-order valence-electron chi connectivity index (χ0n) is 15.0. The smallest absolute Gasteiger partial charge is 0.417 e. The summed E-state index contributed by atoms with van der Waals surface area (Å²) in [5.74, 6) is -0.0455. The first-order chi connectivity index (χ1) is 13.9. The van der Waals surface area contributed by atoms with Gasteiger partial charge in [-0.05, 0) is 23.8 Å². The van der Waals surface area contributed by atoms with Crippen LogP contribution in [0.1, 0.15) is 28.2 Å². The Bertz CT molecular complexity index is 1070.